The third-order valence-corrected chi connectivity index (χ3v) is 3.39. The summed E-state index contributed by atoms with van der Waals surface area (Å²) in [5, 5.41) is 8.95. The lowest BCUT2D eigenvalue weighted by molar-refractivity contribution is -0.148. The third kappa shape index (κ3) is 5.78. The molecule has 140 valence electrons. The van der Waals surface area contributed by atoms with Crippen LogP contribution < -0.4 is 9.47 Å². The van der Waals surface area contributed by atoms with E-state index in [0.717, 1.165) is 0 Å². The van der Waals surface area contributed by atoms with Gasteiger partial charge < -0.3 is 14.2 Å². The van der Waals surface area contributed by atoms with Crippen molar-refractivity contribution < 1.29 is 32.6 Å². The lowest BCUT2D eigenvalue weighted by Crippen LogP contribution is -2.27. The Bertz CT molecular complexity index is 846. The first kappa shape index (κ1) is 19.8. The van der Waals surface area contributed by atoms with Gasteiger partial charge in [0.15, 0.2) is 12.7 Å². The number of benzene rings is 2. The molecule has 1 atom stereocenters. The van der Waals surface area contributed by atoms with Crippen LogP contribution in [0.2, 0.25) is 0 Å². The Labute approximate surface area is 153 Å². The first-order valence-corrected chi connectivity index (χ1v) is 7.81. The largest absolute Gasteiger partial charge is 0.481 e. The van der Waals surface area contributed by atoms with Crippen LogP contribution >= 0.6 is 0 Å². The van der Waals surface area contributed by atoms with E-state index >= 15 is 0 Å². The van der Waals surface area contributed by atoms with Crippen molar-refractivity contribution >= 4 is 11.8 Å². The van der Waals surface area contributed by atoms with Crippen molar-refractivity contribution in [3.05, 3.63) is 59.7 Å². The highest BCUT2D eigenvalue weighted by molar-refractivity contribution is 6.00. The molecular formula is C19H15F2NO5. The van der Waals surface area contributed by atoms with E-state index in [4.69, 9.17) is 14.7 Å². The Hall–Kier alpha value is -3.47. The standard InChI is InChI=1S/C19H15F2NO5/c1-12(18(24)13-6-8-15(9-7-13)27-19(20)21)26-17(23)11-25-16-5-3-2-4-14(16)10-22/h2-9,12,19H,11H2,1H3/t12-/m0/s1. The number of esters is 1. The van der Waals surface area contributed by atoms with Crippen LogP contribution in [0.5, 0.6) is 11.5 Å². The minimum atomic E-state index is -2.96. The van der Waals surface area contributed by atoms with Crippen molar-refractivity contribution in [2.45, 2.75) is 19.6 Å². The molecule has 0 spiro atoms. The molecule has 0 aliphatic rings. The second-order valence-electron chi connectivity index (χ2n) is 5.30. The Balaban J connectivity index is 1.90. The quantitative estimate of drug-likeness (QED) is 0.520. The smallest absolute Gasteiger partial charge is 0.387 e. The van der Waals surface area contributed by atoms with E-state index < -0.39 is 31.1 Å². The highest BCUT2D eigenvalue weighted by atomic mass is 19.3. The van der Waals surface area contributed by atoms with Gasteiger partial charge in [0.25, 0.3) is 0 Å². The van der Waals surface area contributed by atoms with Gasteiger partial charge in [0, 0.05) is 5.56 Å². The molecule has 0 aliphatic heterocycles. The number of carbonyl (C=O) groups excluding carboxylic acids is 2. The molecule has 0 aliphatic carbocycles. The summed E-state index contributed by atoms with van der Waals surface area (Å²) in [4.78, 5) is 24.1. The first-order valence-electron chi connectivity index (χ1n) is 7.81. The second-order valence-corrected chi connectivity index (χ2v) is 5.30. The monoisotopic (exact) mass is 375 g/mol. The lowest BCUT2D eigenvalue weighted by Gasteiger charge is -2.13. The average Bonchev–Trinajstić information content (AvgIpc) is 2.66. The van der Waals surface area contributed by atoms with Gasteiger partial charge in [-0.15, -0.1) is 0 Å². The zero-order valence-corrected chi connectivity index (χ0v) is 14.2. The number of nitrogens with zero attached hydrogens (tertiary/aromatic N) is 1. The number of rotatable bonds is 8. The van der Waals surface area contributed by atoms with Crippen LogP contribution in [0.1, 0.15) is 22.8 Å². The van der Waals surface area contributed by atoms with E-state index in [9.17, 15) is 18.4 Å². The van der Waals surface area contributed by atoms with E-state index in [2.05, 4.69) is 4.74 Å². The van der Waals surface area contributed by atoms with Crippen LogP contribution in [0, 0.1) is 11.3 Å². The Morgan fingerprint density at radius 1 is 1.11 bits per heavy atom. The van der Waals surface area contributed by atoms with Crippen molar-refractivity contribution in [2.24, 2.45) is 0 Å². The van der Waals surface area contributed by atoms with Crippen LogP contribution in [0.4, 0.5) is 8.78 Å². The Morgan fingerprint density at radius 2 is 1.78 bits per heavy atom. The van der Waals surface area contributed by atoms with E-state index in [-0.39, 0.29) is 22.6 Å². The summed E-state index contributed by atoms with van der Waals surface area (Å²) >= 11 is 0. The number of halogens is 2. The summed E-state index contributed by atoms with van der Waals surface area (Å²) in [6.07, 6.45) is -1.10. The molecule has 0 N–H and O–H groups in total. The minimum Gasteiger partial charge on any atom is -0.481 e. The number of ketones is 1. The number of alkyl halides is 2. The molecule has 27 heavy (non-hydrogen) atoms. The molecule has 6 nitrogen and oxygen atoms in total. The number of hydrogen-bond donors (Lipinski definition) is 0. The summed E-state index contributed by atoms with van der Waals surface area (Å²) in [6, 6.07) is 13.3. The molecule has 8 heteroatoms. The van der Waals surface area contributed by atoms with Crippen molar-refractivity contribution in [3.63, 3.8) is 0 Å². The molecule has 0 heterocycles. The van der Waals surface area contributed by atoms with Gasteiger partial charge in [-0.2, -0.15) is 14.0 Å². The van der Waals surface area contributed by atoms with Crippen molar-refractivity contribution in [1.29, 1.82) is 5.26 Å². The topological polar surface area (TPSA) is 85.6 Å². The molecule has 2 rings (SSSR count). The number of Topliss-reactive ketones (excluding diaryl/α,β-unsaturated/α-hetero) is 1. The predicted octanol–water partition coefficient (Wildman–Crippen LogP) is 3.35. The van der Waals surface area contributed by atoms with E-state index in [1.54, 1.807) is 12.1 Å². The molecule has 0 unspecified atom stereocenters. The molecule has 0 bridgehead atoms. The van der Waals surface area contributed by atoms with Crippen LogP contribution in [-0.2, 0) is 9.53 Å². The molecule has 0 saturated heterocycles. The number of nitriles is 1. The van der Waals surface area contributed by atoms with Crippen LogP contribution in [0.15, 0.2) is 48.5 Å². The summed E-state index contributed by atoms with van der Waals surface area (Å²) < 4.78 is 38.7. The Kier molecular flexibility index (Phi) is 6.83. The summed E-state index contributed by atoms with van der Waals surface area (Å²) in [5.74, 6) is -1.16. The second kappa shape index (κ2) is 9.29. The fraction of sp³-hybridized carbons (Fsp3) is 0.211. The number of para-hydroxylation sites is 1. The molecule has 0 fully saturated rings. The molecule has 0 saturated carbocycles. The number of carbonyl (C=O) groups is 2. The van der Waals surface area contributed by atoms with E-state index in [1.807, 2.05) is 6.07 Å². The van der Waals surface area contributed by atoms with Gasteiger partial charge in [0.2, 0.25) is 5.78 Å². The summed E-state index contributed by atoms with van der Waals surface area (Å²) in [7, 11) is 0. The van der Waals surface area contributed by atoms with Gasteiger partial charge >= 0.3 is 12.6 Å². The average molecular weight is 375 g/mol. The zero-order valence-electron chi connectivity index (χ0n) is 14.2. The maximum absolute atomic E-state index is 12.2. The van der Waals surface area contributed by atoms with Gasteiger partial charge in [0.1, 0.15) is 17.6 Å². The molecule has 0 radical (unpaired) electrons. The van der Waals surface area contributed by atoms with Crippen molar-refractivity contribution in [3.8, 4) is 17.6 Å². The molecule has 2 aromatic carbocycles. The molecule has 2 aromatic rings. The van der Waals surface area contributed by atoms with Gasteiger partial charge in [-0.1, -0.05) is 12.1 Å². The predicted molar refractivity (Wildman–Crippen MR) is 89.6 cm³/mol. The number of ether oxygens (including phenoxy) is 3. The first-order chi connectivity index (χ1) is 12.9. The van der Waals surface area contributed by atoms with Crippen LogP contribution in [0.25, 0.3) is 0 Å². The maximum Gasteiger partial charge on any atom is 0.387 e. The van der Waals surface area contributed by atoms with Gasteiger partial charge in [-0.3, -0.25) is 4.79 Å². The highest BCUT2D eigenvalue weighted by Crippen LogP contribution is 2.18. The van der Waals surface area contributed by atoms with E-state index in [1.165, 1.54) is 43.3 Å². The Morgan fingerprint density at radius 3 is 2.41 bits per heavy atom. The van der Waals surface area contributed by atoms with E-state index in [0.29, 0.717) is 0 Å². The fourth-order valence-electron chi connectivity index (χ4n) is 2.14. The van der Waals surface area contributed by atoms with Crippen molar-refractivity contribution in [1.82, 2.24) is 0 Å². The third-order valence-electron chi connectivity index (χ3n) is 3.39. The fourth-order valence-corrected chi connectivity index (χ4v) is 2.14. The van der Waals surface area contributed by atoms with Crippen LogP contribution in [-0.4, -0.2) is 31.1 Å². The minimum absolute atomic E-state index is 0.0873. The number of hydrogen-bond acceptors (Lipinski definition) is 6. The van der Waals surface area contributed by atoms with Gasteiger partial charge in [-0.25, -0.2) is 4.79 Å². The van der Waals surface area contributed by atoms with Gasteiger partial charge in [-0.05, 0) is 43.3 Å². The normalized spacial score (nSPS) is 11.4. The van der Waals surface area contributed by atoms with Crippen LogP contribution in [0.3, 0.4) is 0 Å². The van der Waals surface area contributed by atoms with Crippen molar-refractivity contribution in [2.75, 3.05) is 6.61 Å². The zero-order chi connectivity index (χ0) is 19.8. The lowest BCUT2D eigenvalue weighted by atomic mass is 10.1. The molecule has 0 amide bonds. The van der Waals surface area contributed by atoms with Gasteiger partial charge in [0.05, 0.1) is 5.56 Å². The SMILES string of the molecule is C[C@H](OC(=O)COc1ccccc1C#N)C(=O)c1ccc(OC(F)F)cc1. The highest BCUT2D eigenvalue weighted by Gasteiger charge is 2.20. The summed E-state index contributed by atoms with van der Waals surface area (Å²) in [6.45, 7) is -2.05. The molecular weight excluding hydrogens is 360 g/mol. The maximum atomic E-state index is 12.2. The molecule has 0 aromatic heterocycles. The summed E-state index contributed by atoms with van der Waals surface area (Å²) in [5.41, 5.74) is 0.438.